The van der Waals surface area contributed by atoms with E-state index in [9.17, 15) is 0 Å². The van der Waals surface area contributed by atoms with Crippen LogP contribution in [0.15, 0.2) is 0 Å². The molecule has 0 heterocycles. The fourth-order valence-electron chi connectivity index (χ4n) is 1.50. The van der Waals surface area contributed by atoms with Crippen LogP contribution in [0.2, 0.25) is 0 Å². The van der Waals surface area contributed by atoms with Crippen LogP contribution in [0.4, 0.5) is 0 Å². The first-order valence-electron chi connectivity index (χ1n) is 4.10. The normalized spacial score (nSPS) is 15.0. The summed E-state index contributed by atoms with van der Waals surface area (Å²) < 4.78 is 0. The molecule has 11 heavy (non-hydrogen) atoms. The van der Waals surface area contributed by atoms with Crippen molar-refractivity contribution in [3.05, 3.63) is 0 Å². The van der Waals surface area contributed by atoms with Crippen LogP contribution in [-0.4, -0.2) is 23.5 Å². The van der Waals surface area contributed by atoms with Crippen molar-refractivity contribution in [3.8, 4) is 0 Å². The minimum Gasteiger partial charge on any atom is -0.165 e. The minimum absolute atomic E-state index is 0.494. The van der Waals surface area contributed by atoms with Gasteiger partial charge in [0.1, 0.15) is 0 Å². The maximum atomic E-state index is 2.37. The molecule has 0 aliphatic heterocycles. The van der Waals surface area contributed by atoms with Gasteiger partial charge in [-0.3, -0.25) is 0 Å². The molecule has 0 spiro atoms. The van der Waals surface area contributed by atoms with E-state index in [1.165, 1.54) is 12.2 Å². The molecular weight excluding hydrogens is 172 g/mol. The zero-order chi connectivity index (χ0) is 8.91. The fourth-order valence-corrected chi connectivity index (χ4v) is 3.61. The highest BCUT2D eigenvalue weighted by Crippen LogP contribution is 2.34. The molecule has 0 amide bonds. The second-order valence-corrected chi connectivity index (χ2v) is 5.46. The van der Waals surface area contributed by atoms with Gasteiger partial charge in [0.15, 0.2) is 0 Å². The molecule has 0 saturated heterocycles. The van der Waals surface area contributed by atoms with Crippen LogP contribution in [0.1, 0.15) is 27.2 Å². The molecule has 0 fully saturated rings. The van der Waals surface area contributed by atoms with E-state index in [0.717, 1.165) is 5.25 Å². The molecule has 2 heteroatoms. The minimum atomic E-state index is 0.494. The van der Waals surface area contributed by atoms with Gasteiger partial charge in [0.25, 0.3) is 0 Å². The second-order valence-electron chi connectivity index (χ2n) is 3.55. The van der Waals surface area contributed by atoms with E-state index < -0.39 is 0 Å². The zero-order valence-corrected chi connectivity index (χ0v) is 9.94. The lowest BCUT2D eigenvalue weighted by Gasteiger charge is -2.31. The Labute approximate surface area is 79.9 Å². The molecule has 0 nitrogen and oxygen atoms in total. The Hall–Kier alpha value is 0.700. The van der Waals surface area contributed by atoms with Gasteiger partial charge in [-0.25, -0.2) is 0 Å². The van der Waals surface area contributed by atoms with Crippen LogP contribution in [0.25, 0.3) is 0 Å². The lowest BCUT2D eigenvalue weighted by molar-refractivity contribution is 0.397. The predicted molar refractivity (Wildman–Crippen MR) is 59.8 cm³/mol. The van der Waals surface area contributed by atoms with Crippen molar-refractivity contribution in [2.45, 2.75) is 32.4 Å². The van der Waals surface area contributed by atoms with Crippen LogP contribution in [0.3, 0.4) is 0 Å². The lowest BCUT2D eigenvalue weighted by atomic mass is 9.90. The van der Waals surface area contributed by atoms with E-state index in [1.807, 2.05) is 23.5 Å². The average Bonchev–Trinajstić information content (AvgIpc) is 1.89. The maximum Gasteiger partial charge on any atom is 0.0101 e. The van der Waals surface area contributed by atoms with Crippen molar-refractivity contribution in [2.75, 3.05) is 18.3 Å². The monoisotopic (exact) mass is 192 g/mol. The molecule has 0 aromatic heterocycles. The Morgan fingerprint density at radius 3 is 2.09 bits per heavy atom. The first-order valence-corrected chi connectivity index (χ1v) is 6.78. The number of thioether (sulfide) groups is 2. The van der Waals surface area contributed by atoms with Gasteiger partial charge in [0.2, 0.25) is 0 Å². The molecule has 0 N–H and O–H groups in total. The lowest BCUT2D eigenvalue weighted by Crippen LogP contribution is -2.28. The van der Waals surface area contributed by atoms with Gasteiger partial charge >= 0.3 is 0 Å². The van der Waals surface area contributed by atoms with E-state index in [4.69, 9.17) is 0 Å². The Bertz CT molecular complexity index is 95.7. The second kappa shape index (κ2) is 5.36. The van der Waals surface area contributed by atoms with Crippen molar-refractivity contribution < 1.29 is 0 Å². The summed E-state index contributed by atoms with van der Waals surface area (Å²) in [5, 5.41) is 0.815. The Morgan fingerprint density at radius 1 is 1.27 bits per heavy atom. The molecule has 68 valence electrons. The molecule has 0 aliphatic rings. The summed E-state index contributed by atoms with van der Waals surface area (Å²) in [5.41, 5.74) is 0.494. The van der Waals surface area contributed by atoms with Crippen molar-refractivity contribution in [3.63, 3.8) is 0 Å². The molecule has 1 atom stereocenters. The van der Waals surface area contributed by atoms with Gasteiger partial charge < -0.3 is 0 Å². The summed E-state index contributed by atoms with van der Waals surface area (Å²) in [6, 6.07) is 0. The van der Waals surface area contributed by atoms with E-state index in [-0.39, 0.29) is 0 Å². The zero-order valence-electron chi connectivity index (χ0n) is 8.31. The number of hydrogen-bond acceptors (Lipinski definition) is 2. The summed E-state index contributed by atoms with van der Waals surface area (Å²) in [4.78, 5) is 0. The van der Waals surface area contributed by atoms with Crippen LogP contribution >= 0.6 is 23.5 Å². The van der Waals surface area contributed by atoms with E-state index in [0.29, 0.717) is 5.41 Å². The Balaban J connectivity index is 4.00. The third-order valence-electron chi connectivity index (χ3n) is 2.04. The van der Waals surface area contributed by atoms with Gasteiger partial charge in [-0.1, -0.05) is 20.8 Å². The van der Waals surface area contributed by atoms with E-state index in [1.54, 1.807) is 0 Å². The molecular formula is C9H20S2. The van der Waals surface area contributed by atoms with Crippen molar-refractivity contribution in [2.24, 2.45) is 5.41 Å². The molecule has 0 rings (SSSR count). The highest BCUT2D eigenvalue weighted by atomic mass is 32.2. The Morgan fingerprint density at radius 2 is 1.82 bits per heavy atom. The number of rotatable bonds is 5. The van der Waals surface area contributed by atoms with Gasteiger partial charge in [0, 0.05) is 5.25 Å². The molecule has 0 bridgehead atoms. The summed E-state index contributed by atoms with van der Waals surface area (Å²) in [7, 11) is 0. The molecule has 0 aromatic rings. The first kappa shape index (κ1) is 11.7. The third kappa shape index (κ3) is 3.75. The molecule has 0 aliphatic carbocycles. The maximum absolute atomic E-state index is 2.37. The highest BCUT2D eigenvalue weighted by Gasteiger charge is 2.26. The SMILES string of the molecule is CCC(SC)C(C)(C)CSC. The summed E-state index contributed by atoms with van der Waals surface area (Å²) in [6.07, 6.45) is 5.69. The van der Waals surface area contributed by atoms with Crippen LogP contribution in [0, 0.1) is 5.41 Å². The molecule has 0 saturated carbocycles. The Kier molecular flexibility index (Phi) is 5.71. The summed E-state index contributed by atoms with van der Waals surface area (Å²) >= 11 is 3.96. The first-order chi connectivity index (χ1) is 5.08. The smallest absolute Gasteiger partial charge is 0.0101 e. The van der Waals surface area contributed by atoms with Crippen molar-refractivity contribution in [1.29, 1.82) is 0 Å². The van der Waals surface area contributed by atoms with E-state index >= 15 is 0 Å². The van der Waals surface area contributed by atoms with Crippen LogP contribution in [0.5, 0.6) is 0 Å². The van der Waals surface area contributed by atoms with Crippen LogP contribution in [-0.2, 0) is 0 Å². The van der Waals surface area contributed by atoms with Crippen molar-refractivity contribution in [1.82, 2.24) is 0 Å². The van der Waals surface area contributed by atoms with Crippen LogP contribution < -0.4 is 0 Å². The largest absolute Gasteiger partial charge is 0.165 e. The molecule has 0 aromatic carbocycles. The number of hydrogen-bond donors (Lipinski definition) is 0. The fraction of sp³-hybridized carbons (Fsp3) is 1.00. The van der Waals surface area contributed by atoms with E-state index in [2.05, 4.69) is 33.3 Å². The topological polar surface area (TPSA) is 0 Å². The standard InChI is InChI=1S/C9H20S2/c1-6-8(11-5)9(2,3)7-10-4/h8H,6-7H2,1-5H3. The summed E-state index contributed by atoms with van der Waals surface area (Å²) in [5.74, 6) is 1.27. The van der Waals surface area contributed by atoms with Gasteiger partial charge in [-0.05, 0) is 30.1 Å². The predicted octanol–water partition coefficient (Wildman–Crippen LogP) is 3.52. The van der Waals surface area contributed by atoms with Crippen molar-refractivity contribution >= 4 is 23.5 Å². The summed E-state index contributed by atoms with van der Waals surface area (Å²) in [6.45, 7) is 7.02. The van der Waals surface area contributed by atoms with Gasteiger partial charge in [-0.2, -0.15) is 23.5 Å². The third-order valence-corrected chi connectivity index (χ3v) is 4.62. The van der Waals surface area contributed by atoms with Gasteiger partial charge in [0.05, 0.1) is 0 Å². The molecule has 0 radical (unpaired) electrons. The highest BCUT2D eigenvalue weighted by molar-refractivity contribution is 7.99. The quantitative estimate of drug-likeness (QED) is 0.654. The average molecular weight is 192 g/mol. The van der Waals surface area contributed by atoms with Gasteiger partial charge in [-0.15, -0.1) is 0 Å². The molecule has 1 unspecified atom stereocenters.